The van der Waals surface area contributed by atoms with Crippen LogP contribution in [-0.2, 0) is 23.0 Å². The van der Waals surface area contributed by atoms with Crippen molar-refractivity contribution < 1.29 is 13.2 Å². The molecular weight excluding hydrogens is 424 g/mol. The number of anilines is 2. The number of pyridine rings is 2. The Hall–Kier alpha value is -3.49. The molecule has 0 amide bonds. The van der Waals surface area contributed by atoms with E-state index in [-0.39, 0.29) is 4.90 Å². The minimum Gasteiger partial charge on any atom is -0.497 e. The maximum absolute atomic E-state index is 13.1. The fraction of sp³-hybridized carbons (Fsp3) is 0.167. The van der Waals surface area contributed by atoms with Gasteiger partial charge in [0.2, 0.25) is 10.0 Å². The molecule has 0 saturated carbocycles. The molecular formula is C24H22N4O3S. The first-order chi connectivity index (χ1) is 15.5. The minimum atomic E-state index is -3.60. The fourth-order valence-corrected chi connectivity index (χ4v) is 5.37. The molecule has 1 aliphatic rings. The number of hydrogen-bond donors (Lipinski definition) is 1. The van der Waals surface area contributed by atoms with Crippen LogP contribution in [0.4, 0.5) is 11.5 Å². The number of nitrogens with zero attached hydrogens (tertiary/aromatic N) is 3. The van der Waals surface area contributed by atoms with Gasteiger partial charge in [0.15, 0.2) is 0 Å². The quantitative estimate of drug-likeness (QED) is 0.496. The number of nitrogens with one attached hydrogen (secondary N) is 1. The van der Waals surface area contributed by atoms with Gasteiger partial charge in [-0.15, -0.1) is 0 Å². The summed E-state index contributed by atoms with van der Waals surface area (Å²) in [6.45, 7) is 0.689. The third kappa shape index (κ3) is 3.79. The van der Waals surface area contributed by atoms with Crippen LogP contribution in [0.2, 0.25) is 0 Å². The highest BCUT2D eigenvalue weighted by atomic mass is 32.2. The number of sulfonamides is 1. The average molecular weight is 447 g/mol. The number of benzene rings is 2. The number of aromatic nitrogens is 2. The standard InChI is InChI=1S/C24H22N4O3S/c1-31-20-6-8-21(9-7-20)32(29,30)28-13-11-22-18(16-28)10-12-25-24(22)27-19-14-17-4-2-3-5-23(17)26-15-19/h2-10,12,14-15H,11,13,16H2,1H3,(H,25,27). The summed E-state index contributed by atoms with van der Waals surface area (Å²) >= 11 is 0. The molecule has 8 heteroatoms. The Kier molecular flexibility index (Phi) is 5.24. The van der Waals surface area contributed by atoms with Crippen LogP contribution in [-0.4, -0.2) is 36.3 Å². The highest BCUT2D eigenvalue weighted by Crippen LogP contribution is 2.30. The Bertz CT molecular complexity index is 1390. The van der Waals surface area contributed by atoms with E-state index in [9.17, 15) is 8.42 Å². The van der Waals surface area contributed by atoms with Gasteiger partial charge in [0.1, 0.15) is 11.6 Å². The van der Waals surface area contributed by atoms with E-state index in [4.69, 9.17) is 4.74 Å². The second-order valence-corrected chi connectivity index (χ2v) is 9.54. The lowest BCUT2D eigenvalue weighted by atomic mass is 10.0. The third-order valence-corrected chi connectivity index (χ3v) is 7.52. The van der Waals surface area contributed by atoms with E-state index < -0.39 is 10.0 Å². The number of ether oxygens (including phenoxy) is 1. The van der Waals surface area contributed by atoms with Crippen molar-refractivity contribution >= 4 is 32.4 Å². The molecule has 4 aromatic rings. The van der Waals surface area contributed by atoms with Gasteiger partial charge < -0.3 is 10.1 Å². The van der Waals surface area contributed by atoms with Crippen LogP contribution in [0.3, 0.4) is 0 Å². The summed E-state index contributed by atoms with van der Waals surface area (Å²) < 4.78 is 32.9. The number of methoxy groups -OCH3 is 1. The summed E-state index contributed by atoms with van der Waals surface area (Å²) in [4.78, 5) is 9.26. The number of fused-ring (bicyclic) bond motifs is 2. The summed E-state index contributed by atoms with van der Waals surface area (Å²) in [7, 11) is -2.04. The summed E-state index contributed by atoms with van der Waals surface area (Å²) in [5.41, 5.74) is 3.75. The summed E-state index contributed by atoms with van der Waals surface area (Å²) in [5.74, 6) is 1.36. The molecule has 3 heterocycles. The molecule has 5 rings (SSSR count). The van der Waals surface area contributed by atoms with Crippen molar-refractivity contribution in [3.63, 3.8) is 0 Å². The highest BCUT2D eigenvalue weighted by Gasteiger charge is 2.29. The monoisotopic (exact) mass is 446 g/mol. The first kappa shape index (κ1) is 20.4. The zero-order valence-corrected chi connectivity index (χ0v) is 18.3. The Balaban J connectivity index is 1.40. The number of hydrogen-bond acceptors (Lipinski definition) is 6. The van der Waals surface area contributed by atoms with Crippen molar-refractivity contribution in [1.82, 2.24) is 14.3 Å². The molecule has 0 bridgehead atoms. The van der Waals surface area contributed by atoms with Crippen molar-refractivity contribution in [2.75, 3.05) is 19.0 Å². The normalized spacial score (nSPS) is 14.2. The molecule has 0 fully saturated rings. The van der Waals surface area contributed by atoms with Crippen molar-refractivity contribution in [3.8, 4) is 5.75 Å². The highest BCUT2D eigenvalue weighted by molar-refractivity contribution is 7.89. The van der Waals surface area contributed by atoms with Crippen molar-refractivity contribution in [1.29, 1.82) is 0 Å². The van der Waals surface area contributed by atoms with Crippen molar-refractivity contribution in [2.45, 2.75) is 17.9 Å². The van der Waals surface area contributed by atoms with E-state index >= 15 is 0 Å². The van der Waals surface area contributed by atoms with Crippen LogP contribution in [0.25, 0.3) is 10.9 Å². The van der Waals surface area contributed by atoms with E-state index in [0.29, 0.717) is 25.3 Å². The lowest BCUT2D eigenvalue weighted by Crippen LogP contribution is -2.36. The van der Waals surface area contributed by atoms with Gasteiger partial charge in [-0.3, -0.25) is 4.98 Å². The lowest BCUT2D eigenvalue weighted by Gasteiger charge is -2.29. The summed E-state index contributed by atoms with van der Waals surface area (Å²) in [6.07, 6.45) is 4.06. The molecule has 162 valence electrons. The van der Waals surface area contributed by atoms with Crippen LogP contribution in [0, 0.1) is 0 Å². The van der Waals surface area contributed by atoms with E-state index in [1.165, 1.54) is 4.31 Å². The molecule has 1 aliphatic heterocycles. The molecule has 0 aliphatic carbocycles. The molecule has 0 unspecified atom stereocenters. The molecule has 0 spiro atoms. The van der Waals surface area contributed by atoms with Gasteiger partial charge >= 0.3 is 0 Å². The molecule has 0 atom stereocenters. The first-order valence-electron chi connectivity index (χ1n) is 10.3. The Morgan fingerprint density at radius 1 is 1.03 bits per heavy atom. The predicted molar refractivity (Wildman–Crippen MR) is 124 cm³/mol. The first-order valence-corrected chi connectivity index (χ1v) is 11.7. The zero-order valence-electron chi connectivity index (χ0n) is 17.5. The van der Waals surface area contributed by atoms with Crippen molar-refractivity contribution in [3.05, 3.63) is 84.2 Å². The molecule has 2 aromatic heterocycles. The van der Waals surface area contributed by atoms with Crippen molar-refractivity contribution in [2.24, 2.45) is 0 Å². The maximum Gasteiger partial charge on any atom is 0.243 e. The smallest absolute Gasteiger partial charge is 0.243 e. The average Bonchev–Trinajstić information content (AvgIpc) is 2.84. The Labute approximate surface area is 186 Å². The van der Waals surface area contributed by atoms with Gasteiger partial charge in [0.05, 0.1) is 29.4 Å². The van der Waals surface area contributed by atoms with Crippen LogP contribution in [0.1, 0.15) is 11.1 Å². The summed E-state index contributed by atoms with van der Waals surface area (Å²) in [6, 6.07) is 18.3. The Morgan fingerprint density at radius 2 is 1.84 bits per heavy atom. The second kappa shape index (κ2) is 8.22. The van der Waals surface area contributed by atoms with Gasteiger partial charge in [-0.2, -0.15) is 4.31 Å². The number of rotatable bonds is 5. The molecule has 1 N–H and O–H groups in total. The van der Waals surface area contributed by atoms with E-state index in [1.807, 2.05) is 36.4 Å². The van der Waals surface area contributed by atoms with E-state index in [1.54, 1.807) is 43.8 Å². The SMILES string of the molecule is COc1ccc(S(=O)(=O)N2CCc3c(ccnc3Nc3cnc4ccccc4c3)C2)cc1. The maximum atomic E-state index is 13.1. The Morgan fingerprint density at radius 3 is 2.66 bits per heavy atom. The number of para-hydroxylation sites is 1. The van der Waals surface area contributed by atoms with Crippen LogP contribution < -0.4 is 10.1 Å². The lowest BCUT2D eigenvalue weighted by molar-refractivity contribution is 0.391. The van der Waals surface area contributed by atoms with Crippen LogP contribution >= 0.6 is 0 Å². The zero-order chi connectivity index (χ0) is 22.1. The minimum absolute atomic E-state index is 0.261. The van der Waals surface area contributed by atoms with Gasteiger partial charge in [-0.05, 0) is 54.4 Å². The molecule has 0 saturated heterocycles. The van der Waals surface area contributed by atoms with Crippen LogP contribution in [0.5, 0.6) is 5.75 Å². The predicted octanol–water partition coefficient (Wildman–Crippen LogP) is 4.13. The topological polar surface area (TPSA) is 84.4 Å². The molecule has 2 aromatic carbocycles. The van der Waals surface area contributed by atoms with E-state index in [0.717, 1.165) is 33.5 Å². The second-order valence-electron chi connectivity index (χ2n) is 7.60. The summed E-state index contributed by atoms with van der Waals surface area (Å²) in [5, 5.41) is 4.41. The fourth-order valence-electron chi connectivity index (χ4n) is 3.95. The molecule has 0 radical (unpaired) electrons. The third-order valence-electron chi connectivity index (χ3n) is 5.66. The van der Waals surface area contributed by atoms with Gasteiger partial charge in [-0.25, -0.2) is 13.4 Å². The largest absolute Gasteiger partial charge is 0.497 e. The molecule has 7 nitrogen and oxygen atoms in total. The van der Waals surface area contributed by atoms with Gasteiger partial charge in [-0.1, -0.05) is 18.2 Å². The van der Waals surface area contributed by atoms with Crippen LogP contribution in [0.15, 0.2) is 78.0 Å². The van der Waals surface area contributed by atoms with Gasteiger partial charge in [0.25, 0.3) is 0 Å². The molecule has 32 heavy (non-hydrogen) atoms. The van der Waals surface area contributed by atoms with E-state index in [2.05, 4.69) is 15.3 Å². The van der Waals surface area contributed by atoms with Gasteiger partial charge in [0, 0.05) is 30.2 Å².